The third-order valence-electron chi connectivity index (χ3n) is 4.61. The van der Waals surface area contributed by atoms with Gasteiger partial charge in [0.05, 0.1) is 13.5 Å². The fraction of sp³-hybridized carbons (Fsp3) is 0.143. The van der Waals surface area contributed by atoms with E-state index in [4.69, 9.17) is 0 Å². The Morgan fingerprint density at radius 2 is 1.42 bits per heavy atom. The molecule has 0 saturated carbocycles. The van der Waals surface area contributed by atoms with Crippen LogP contribution in [-0.2, 0) is 9.53 Å². The van der Waals surface area contributed by atoms with Crippen molar-refractivity contribution in [3.63, 3.8) is 0 Å². The molecular weight excluding hydrogens is 300 g/mol. The standard InChI is InChI=1S/C21H16O3/c1-24-19(23)12-11-18(22)16-9-7-15-6-5-13-3-2-4-14-8-10-17(16)21(15)20(13)14/h2-10H,11-12H2,1H3. The zero-order valence-electron chi connectivity index (χ0n) is 13.3. The second-order valence-electron chi connectivity index (χ2n) is 5.97. The van der Waals surface area contributed by atoms with E-state index in [1.54, 1.807) is 0 Å². The molecule has 0 aliphatic heterocycles. The zero-order valence-corrected chi connectivity index (χ0v) is 13.3. The van der Waals surface area contributed by atoms with Crippen molar-refractivity contribution in [2.75, 3.05) is 7.11 Å². The van der Waals surface area contributed by atoms with Crippen LogP contribution >= 0.6 is 0 Å². The topological polar surface area (TPSA) is 43.4 Å². The third-order valence-corrected chi connectivity index (χ3v) is 4.61. The highest BCUT2D eigenvalue weighted by atomic mass is 16.5. The second-order valence-corrected chi connectivity index (χ2v) is 5.97. The van der Waals surface area contributed by atoms with E-state index >= 15 is 0 Å². The predicted octanol–water partition coefficient (Wildman–Crippen LogP) is 4.72. The molecule has 0 unspecified atom stereocenters. The lowest BCUT2D eigenvalue weighted by atomic mass is 9.90. The number of hydrogen-bond acceptors (Lipinski definition) is 3. The Morgan fingerprint density at radius 3 is 2.12 bits per heavy atom. The maximum atomic E-state index is 12.6. The Morgan fingerprint density at radius 1 is 0.792 bits per heavy atom. The van der Waals surface area contributed by atoms with Gasteiger partial charge in [0.15, 0.2) is 5.78 Å². The minimum Gasteiger partial charge on any atom is -0.469 e. The molecule has 4 rings (SSSR count). The molecule has 0 radical (unpaired) electrons. The summed E-state index contributed by atoms with van der Waals surface area (Å²) >= 11 is 0. The number of carbonyl (C=O) groups is 2. The average molecular weight is 316 g/mol. The van der Waals surface area contributed by atoms with Gasteiger partial charge in [-0.05, 0) is 32.3 Å². The van der Waals surface area contributed by atoms with Crippen LogP contribution in [0, 0.1) is 0 Å². The van der Waals surface area contributed by atoms with Crippen molar-refractivity contribution in [1.82, 2.24) is 0 Å². The van der Waals surface area contributed by atoms with Crippen molar-refractivity contribution in [2.45, 2.75) is 12.8 Å². The number of carbonyl (C=O) groups excluding carboxylic acids is 2. The molecule has 0 fully saturated rings. The van der Waals surface area contributed by atoms with Crippen LogP contribution in [0.2, 0.25) is 0 Å². The van der Waals surface area contributed by atoms with Crippen LogP contribution < -0.4 is 0 Å². The Labute approximate surface area is 139 Å². The Kier molecular flexibility index (Phi) is 3.42. The van der Waals surface area contributed by atoms with Gasteiger partial charge in [0.2, 0.25) is 0 Å². The zero-order chi connectivity index (χ0) is 16.7. The summed E-state index contributed by atoms with van der Waals surface area (Å²) < 4.78 is 4.63. The van der Waals surface area contributed by atoms with Gasteiger partial charge in [0.25, 0.3) is 0 Å². The molecule has 0 amide bonds. The summed E-state index contributed by atoms with van der Waals surface area (Å²) in [5.41, 5.74) is 0.671. The summed E-state index contributed by atoms with van der Waals surface area (Å²) in [6.07, 6.45) is 0.272. The van der Waals surface area contributed by atoms with Crippen molar-refractivity contribution >= 4 is 44.1 Å². The molecule has 0 bridgehead atoms. The molecule has 118 valence electrons. The number of Topliss-reactive ketones (excluding diaryl/α,β-unsaturated/α-hetero) is 1. The fourth-order valence-corrected chi connectivity index (χ4v) is 3.43. The summed E-state index contributed by atoms with van der Waals surface area (Å²) in [4.78, 5) is 23.9. The number of benzene rings is 4. The smallest absolute Gasteiger partial charge is 0.305 e. The predicted molar refractivity (Wildman–Crippen MR) is 95.7 cm³/mol. The SMILES string of the molecule is COC(=O)CCC(=O)c1ccc2ccc3cccc4ccc1c2c34. The van der Waals surface area contributed by atoms with Gasteiger partial charge < -0.3 is 4.74 Å². The molecule has 0 N–H and O–H groups in total. The highest BCUT2D eigenvalue weighted by molar-refractivity contribution is 6.26. The van der Waals surface area contributed by atoms with Gasteiger partial charge in [-0.3, -0.25) is 9.59 Å². The van der Waals surface area contributed by atoms with E-state index in [-0.39, 0.29) is 24.6 Å². The molecule has 0 aliphatic carbocycles. The van der Waals surface area contributed by atoms with Crippen LogP contribution in [0.1, 0.15) is 23.2 Å². The highest BCUT2D eigenvalue weighted by Crippen LogP contribution is 2.36. The van der Waals surface area contributed by atoms with E-state index < -0.39 is 0 Å². The number of hydrogen-bond donors (Lipinski definition) is 0. The second kappa shape index (κ2) is 5.60. The maximum Gasteiger partial charge on any atom is 0.305 e. The molecule has 0 atom stereocenters. The molecule has 0 heterocycles. The number of esters is 1. The van der Waals surface area contributed by atoms with Gasteiger partial charge >= 0.3 is 5.97 Å². The molecule has 4 aromatic carbocycles. The summed E-state index contributed by atoms with van der Waals surface area (Å²) in [5.74, 6) is -0.389. The molecule has 24 heavy (non-hydrogen) atoms. The van der Waals surface area contributed by atoms with Crippen LogP contribution in [0.25, 0.3) is 32.3 Å². The number of ketones is 1. The lowest BCUT2D eigenvalue weighted by Crippen LogP contribution is -2.06. The number of ether oxygens (including phenoxy) is 1. The highest BCUT2D eigenvalue weighted by Gasteiger charge is 2.16. The van der Waals surface area contributed by atoms with E-state index in [0.29, 0.717) is 5.56 Å². The minimum atomic E-state index is -0.360. The first-order valence-electron chi connectivity index (χ1n) is 7.95. The fourth-order valence-electron chi connectivity index (χ4n) is 3.43. The Balaban J connectivity index is 1.91. The molecule has 4 aromatic rings. The molecule has 0 spiro atoms. The van der Waals surface area contributed by atoms with Crippen molar-refractivity contribution in [1.29, 1.82) is 0 Å². The first kappa shape index (κ1) is 14.6. The van der Waals surface area contributed by atoms with Crippen molar-refractivity contribution < 1.29 is 14.3 Å². The van der Waals surface area contributed by atoms with E-state index in [9.17, 15) is 9.59 Å². The van der Waals surface area contributed by atoms with Crippen LogP contribution in [-0.4, -0.2) is 18.9 Å². The molecule has 3 nitrogen and oxygen atoms in total. The average Bonchev–Trinajstić information content (AvgIpc) is 2.63. The van der Waals surface area contributed by atoms with E-state index in [1.807, 2.05) is 24.3 Å². The van der Waals surface area contributed by atoms with Gasteiger partial charge in [-0.15, -0.1) is 0 Å². The first-order chi connectivity index (χ1) is 11.7. The normalized spacial score (nSPS) is 11.4. The van der Waals surface area contributed by atoms with Crippen molar-refractivity contribution in [2.24, 2.45) is 0 Å². The number of methoxy groups -OCH3 is 1. The van der Waals surface area contributed by atoms with Crippen LogP contribution in [0.4, 0.5) is 0 Å². The van der Waals surface area contributed by atoms with Gasteiger partial charge in [0, 0.05) is 12.0 Å². The van der Waals surface area contributed by atoms with Gasteiger partial charge in [-0.2, -0.15) is 0 Å². The minimum absolute atomic E-state index is 0.0293. The molecule has 3 heteroatoms. The molecule has 0 aliphatic rings. The largest absolute Gasteiger partial charge is 0.469 e. The van der Waals surface area contributed by atoms with Crippen LogP contribution in [0.3, 0.4) is 0 Å². The number of rotatable bonds is 4. The summed E-state index contributed by atoms with van der Waals surface area (Å²) in [5, 5.41) is 6.73. The van der Waals surface area contributed by atoms with Crippen LogP contribution in [0.5, 0.6) is 0 Å². The van der Waals surface area contributed by atoms with E-state index in [1.165, 1.54) is 23.3 Å². The Bertz CT molecular complexity index is 1060. The first-order valence-corrected chi connectivity index (χ1v) is 7.95. The van der Waals surface area contributed by atoms with Gasteiger partial charge in [-0.25, -0.2) is 0 Å². The monoisotopic (exact) mass is 316 g/mol. The third kappa shape index (κ3) is 2.21. The lowest BCUT2D eigenvalue weighted by molar-refractivity contribution is -0.140. The summed E-state index contributed by atoms with van der Waals surface area (Å²) in [7, 11) is 1.34. The van der Waals surface area contributed by atoms with E-state index in [2.05, 4.69) is 35.1 Å². The van der Waals surface area contributed by atoms with Crippen molar-refractivity contribution in [3.8, 4) is 0 Å². The lowest BCUT2D eigenvalue weighted by Gasteiger charge is -2.13. The Hall–Kier alpha value is -2.94. The van der Waals surface area contributed by atoms with Crippen molar-refractivity contribution in [3.05, 3.63) is 60.2 Å². The molecule has 0 saturated heterocycles. The van der Waals surface area contributed by atoms with E-state index in [0.717, 1.165) is 16.2 Å². The molecule has 0 aromatic heterocycles. The maximum absolute atomic E-state index is 12.6. The quantitative estimate of drug-likeness (QED) is 0.311. The summed E-state index contributed by atoms with van der Waals surface area (Å²) in [6.45, 7) is 0. The van der Waals surface area contributed by atoms with Gasteiger partial charge in [0.1, 0.15) is 0 Å². The van der Waals surface area contributed by atoms with Gasteiger partial charge in [-0.1, -0.05) is 54.6 Å². The van der Waals surface area contributed by atoms with Crippen LogP contribution in [0.15, 0.2) is 54.6 Å². The summed E-state index contributed by atoms with van der Waals surface area (Å²) in [6, 6.07) is 18.3. The molecular formula is C21H16O3.